The molecule has 0 spiro atoms. The second kappa shape index (κ2) is 5.22. The Morgan fingerprint density at radius 3 is 2.78 bits per heavy atom. The van der Waals surface area contributed by atoms with Gasteiger partial charge in [-0.15, -0.1) is 0 Å². The number of nitrogens with zero attached hydrogens (tertiary/aromatic N) is 3. The summed E-state index contributed by atoms with van der Waals surface area (Å²) < 4.78 is 0. The van der Waals surface area contributed by atoms with Gasteiger partial charge in [0.15, 0.2) is 0 Å². The molecule has 0 bridgehead atoms. The van der Waals surface area contributed by atoms with Gasteiger partial charge in [-0.1, -0.05) is 6.07 Å². The molecule has 2 heterocycles. The maximum Gasteiger partial charge on any atom is 0.287 e. The second-order valence-corrected chi connectivity index (χ2v) is 3.78. The average molecular weight is 244 g/mol. The van der Waals surface area contributed by atoms with Crippen LogP contribution in [-0.2, 0) is 6.54 Å². The number of hydrogen-bond donors (Lipinski definition) is 1. The number of anilines is 1. The fourth-order valence-electron chi connectivity index (χ4n) is 1.48. The van der Waals surface area contributed by atoms with Crippen LogP contribution < -0.4 is 5.32 Å². The van der Waals surface area contributed by atoms with E-state index in [1.807, 2.05) is 25.1 Å². The topological polar surface area (TPSA) is 81.0 Å². The van der Waals surface area contributed by atoms with Crippen molar-refractivity contribution >= 4 is 11.5 Å². The zero-order chi connectivity index (χ0) is 13.0. The Labute approximate surface area is 104 Å². The van der Waals surface area contributed by atoms with Crippen molar-refractivity contribution in [2.45, 2.75) is 13.5 Å². The monoisotopic (exact) mass is 244 g/mol. The van der Waals surface area contributed by atoms with E-state index in [2.05, 4.69) is 15.3 Å². The highest BCUT2D eigenvalue weighted by Crippen LogP contribution is 2.12. The largest absolute Gasteiger partial charge is 0.364 e. The van der Waals surface area contributed by atoms with E-state index in [4.69, 9.17) is 0 Å². The second-order valence-electron chi connectivity index (χ2n) is 3.78. The van der Waals surface area contributed by atoms with Crippen LogP contribution in [0, 0.1) is 17.0 Å². The van der Waals surface area contributed by atoms with Gasteiger partial charge in [-0.05, 0) is 25.1 Å². The van der Waals surface area contributed by atoms with Crippen LogP contribution in [0.4, 0.5) is 11.5 Å². The van der Waals surface area contributed by atoms with Crippen LogP contribution in [0.25, 0.3) is 0 Å². The predicted molar refractivity (Wildman–Crippen MR) is 67.2 cm³/mol. The summed E-state index contributed by atoms with van der Waals surface area (Å²) in [5.41, 5.74) is 1.83. The van der Waals surface area contributed by atoms with Gasteiger partial charge in [-0.2, -0.15) is 0 Å². The van der Waals surface area contributed by atoms with Crippen molar-refractivity contribution < 1.29 is 4.92 Å². The molecule has 0 aliphatic carbocycles. The zero-order valence-corrected chi connectivity index (χ0v) is 9.83. The van der Waals surface area contributed by atoms with E-state index in [0.29, 0.717) is 12.4 Å². The van der Waals surface area contributed by atoms with Crippen molar-refractivity contribution in [1.82, 2.24) is 9.97 Å². The van der Waals surface area contributed by atoms with E-state index in [-0.39, 0.29) is 5.69 Å². The molecule has 0 aliphatic rings. The molecule has 0 unspecified atom stereocenters. The van der Waals surface area contributed by atoms with E-state index in [1.54, 1.807) is 6.07 Å². The van der Waals surface area contributed by atoms with E-state index >= 15 is 0 Å². The number of aromatic nitrogens is 2. The van der Waals surface area contributed by atoms with Gasteiger partial charge in [0.1, 0.15) is 12.0 Å². The van der Waals surface area contributed by atoms with Crippen molar-refractivity contribution in [2.75, 3.05) is 5.32 Å². The Morgan fingerprint density at radius 1 is 1.33 bits per heavy atom. The highest BCUT2D eigenvalue weighted by molar-refractivity contribution is 5.40. The van der Waals surface area contributed by atoms with E-state index < -0.39 is 4.92 Å². The molecule has 0 saturated carbocycles. The molecule has 1 N–H and O–H groups in total. The van der Waals surface area contributed by atoms with Crippen molar-refractivity contribution in [2.24, 2.45) is 0 Å². The Morgan fingerprint density at radius 2 is 2.17 bits per heavy atom. The third kappa shape index (κ3) is 3.00. The van der Waals surface area contributed by atoms with Gasteiger partial charge in [0.05, 0.1) is 17.2 Å². The van der Waals surface area contributed by atoms with Crippen molar-refractivity contribution in [3.8, 4) is 0 Å². The minimum absolute atomic E-state index is 0.0192. The quantitative estimate of drug-likeness (QED) is 0.659. The molecule has 2 rings (SSSR count). The number of rotatable bonds is 4. The highest BCUT2D eigenvalue weighted by atomic mass is 16.6. The number of hydrogen-bond acceptors (Lipinski definition) is 5. The van der Waals surface area contributed by atoms with E-state index in [0.717, 1.165) is 11.4 Å². The van der Waals surface area contributed by atoms with Gasteiger partial charge < -0.3 is 5.32 Å². The summed E-state index contributed by atoms with van der Waals surface area (Å²) in [5, 5.41) is 13.5. The smallest absolute Gasteiger partial charge is 0.287 e. The van der Waals surface area contributed by atoms with Gasteiger partial charge in [-0.25, -0.2) is 4.98 Å². The number of pyridine rings is 2. The molecule has 0 amide bonds. The van der Waals surface area contributed by atoms with Gasteiger partial charge in [0.25, 0.3) is 5.69 Å². The summed E-state index contributed by atoms with van der Waals surface area (Å²) in [6.45, 7) is 2.46. The summed E-state index contributed by atoms with van der Waals surface area (Å²) in [6, 6.07) is 8.76. The van der Waals surface area contributed by atoms with Gasteiger partial charge in [0.2, 0.25) is 0 Å². The summed E-state index contributed by atoms with van der Waals surface area (Å²) in [4.78, 5) is 18.3. The van der Waals surface area contributed by atoms with E-state index in [9.17, 15) is 10.1 Å². The minimum atomic E-state index is -0.473. The third-order valence-electron chi connectivity index (χ3n) is 2.36. The SMILES string of the molecule is Cc1cccc(CNc2ccc([N+](=O)[O-])cn2)n1. The highest BCUT2D eigenvalue weighted by Gasteiger charge is 2.04. The molecular formula is C12H12N4O2. The number of nitro groups is 1. The molecule has 6 heteroatoms. The molecule has 2 aromatic heterocycles. The number of nitrogens with one attached hydrogen (secondary N) is 1. The lowest BCUT2D eigenvalue weighted by atomic mass is 10.3. The van der Waals surface area contributed by atoms with Crippen LogP contribution in [0.2, 0.25) is 0 Å². The first-order chi connectivity index (χ1) is 8.65. The lowest BCUT2D eigenvalue weighted by Gasteiger charge is -2.05. The van der Waals surface area contributed by atoms with Crippen LogP contribution in [0.3, 0.4) is 0 Å². The predicted octanol–water partition coefficient (Wildman–Crippen LogP) is 2.31. The van der Waals surface area contributed by atoms with Crippen molar-refractivity contribution in [3.05, 3.63) is 58.0 Å². The lowest BCUT2D eigenvalue weighted by molar-refractivity contribution is -0.385. The normalized spacial score (nSPS) is 10.1. The fraction of sp³-hybridized carbons (Fsp3) is 0.167. The Balaban J connectivity index is 2.00. The Hall–Kier alpha value is -2.50. The minimum Gasteiger partial charge on any atom is -0.364 e. The molecule has 0 aliphatic heterocycles. The molecule has 0 radical (unpaired) electrons. The molecule has 0 fully saturated rings. The first-order valence-corrected chi connectivity index (χ1v) is 5.42. The third-order valence-corrected chi connectivity index (χ3v) is 2.36. The van der Waals surface area contributed by atoms with Crippen molar-refractivity contribution in [3.63, 3.8) is 0 Å². The first kappa shape index (κ1) is 12.0. The lowest BCUT2D eigenvalue weighted by Crippen LogP contribution is -2.03. The molecule has 0 atom stereocenters. The number of aryl methyl sites for hydroxylation is 1. The van der Waals surface area contributed by atoms with Crippen LogP contribution in [0.5, 0.6) is 0 Å². The van der Waals surface area contributed by atoms with Crippen LogP contribution in [-0.4, -0.2) is 14.9 Å². The molecule has 6 nitrogen and oxygen atoms in total. The maximum absolute atomic E-state index is 10.5. The van der Waals surface area contributed by atoms with Gasteiger partial charge in [0, 0.05) is 11.8 Å². The van der Waals surface area contributed by atoms with Gasteiger partial charge in [-0.3, -0.25) is 15.1 Å². The molecular weight excluding hydrogens is 232 g/mol. The Kier molecular flexibility index (Phi) is 3.47. The summed E-state index contributed by atoms with van der Waals surface area (Å²) in [7, 11) is 0. The Bertz CT molecular complexity index is 554. The van der Waals surface area contributed by atoms with Gasteiger partial charge >= 0.3 is 0 Å². The first-order valence-electron chi connectivity index (χ1n) is 5.42. The molecule has 18 heavy (non-hydrogen) atoms. The fourth-order valence-corrected chi connectivity index (χ4v) is 1.48. The van der Waals surface area contributed by atoms with Crippen molar-refractivity contribution in [1.29, 1.82) is 0 Å². The van der Waals surface area contributed by atoms with Crippen LogP contribution in [0.15, 0.2) is 36.5 Å². The van der Waals surface area contributed by atoms with Crippen LogP contribution >= 0.6 is 0 Å². The molecule has 0 saturated heterocycles. The standard InChI is InChI=1S/C12H12N4O2/c1-9-3-2-4-10(15-9)7-13-12-6-5-11(8-14-12)16(17)18/h2-6,8H,7H2,1H3,(H,13,14). The summed E-state index contributed by atoms with van der Waals surface area (Å²) >= 11 is 0. The maximum atomic E-state index is 10.5. The van der Waals surface area contributed by atoms with Crippen LogP contribution in [0.1, 0.15) is 11.4 Å². The molecule has 0 aromatic carbocycles. The van der Waals surface area contributed by atoms with E-state index in [1.165, 1.54) is 12.3 Å². The molecule has 92 valence electrons. The average Bonchev–Trinajstić information content (AvgIpc) is 2.37. The zero-order valence-electron chi connectivity index (χ0n) is 9.83. The summed E-state index contributed by atoms with van der Waals surface area (Å²) in [6.07, 6.45) is 1.23. The summed E-state index contributed by atoms with van der Waals surface area (Å²) in [5.74, 6) is 0.587. The molecule has 2 aromatic rings.